The highest BCUT2D eigenvalue weighted by Gasteiger charge is 2.32. The summed E-state index contributed by atoms with van der Waals surface area (Å²) in [6.45, 7) is 1.04. The zero-order valence-electron chi connectivity index (χ0n) is 11.4. The minimum absolute atomic E-state index is 0.0129. The third-order valence-electron chi connectivity index (χ3n) is 4.07. The Kier molecular flexibility index (Phi) is 4.58. The van der Waals surface area contributed by atoms with Crippen LogP contribution in [0.5, 0.6) is 5.75 Å². The van der Waals surface area contributed by atoms with Crippen LogP contribution >= 0.6 is 0 Å². The SMILES string of the molecule is NCC1(COc2ccc(C(F)(F)F)cc2)CCCCC1. The van der Waals surface area contributed by atoms with E-state index in [1.54, 1.807) is 0 Å². The standard InChI is InChI=1S/C15H20F3NO/c16-15(17,18)12-4-6-13(7-5-12)20-11-14(10-19)8-2-1-3-9-14/h4-7H,1-3,8-11,19H2. The van der Waals surface area contributed by atoms with Gasteiger partial charge in [0.05, 0.1) is 12.2 Å². The van der Waals surface area contributed by atoms with Crippen molar-refractivity contribution in [3.63, 3.8) is 0 Å². The van der Waals surface area contributed by atoms with Crippen LogP contribution < -0.4 is 10.5 Å². The Labute approximate surface area is 117 Å². The van der Waals surface area contributed by atoms with Crippen molar-refractivity contribution in [2.75, 3.05) is 13.2 Å². The fourth-order valence-electron chi connectivity index (χ4n) is 2.69. The second-order valence-electron chi connectivity index (χ2n) is 5.58. The Morgan fingerprint density at radius 1 is 1.05 bits per heavy atom. The van der Waals surface area contributed by atoms with Gasteiger partial charge in [0.1, 0.15) is 5.75 Å². The van der Waals surface area contributed by atoms with Crippen LogP contribution in [0.15, 0.2) is 24.3 Å². The number of halogens is 3. The molecule has 112 valence electrons. The van der Waals surface area contributed by atoms with Gasteiger partial charge in [0.15, 0.2) is 0 Å². The lowest BCUT2D eigenvalue weighted by Crippen LogP contribution is -2.38. The Hall–Kier alpha value is -1.23. The number of ether oxygens (including phenoxy) is 1. The van der Waals surface area contributed by atoms with Crippen LogP contribution in [0.1, 0.15) is 37.7 Å². The van der Waals surface area contributed by atoms with Gasteiger partial charge in [-0.3, -0.25) is 0 Å². The molecule has 1 fully saturated rings. The molecule has 0 saturated heterocycles. The number of nitrogens with two attached hydrogens (primary N) is 1. The second-order valence-corrected chi connectivity index (χ2v) is 5.58. The third-order valence-corrected chi connectivity index (χ3v) is 4.07. The average Bonchev–Trinajstić information content (AvgIpc) is 2.46. The fraction of sp³-hybridized carbons (Fsp3) is 0.600. The molecule has 0 unspecified atom stereocenters. The van der Waals surface area contributed by atoms with Gasteiger partial charge in [-0.2, -0.15) is 13.2 Å². The summed E-state index contributed by atoms with van der Waals surface area (Å²) >= 11 is 0. The largest absolute Gasteiger partial charge is 0.493 e. The predicted octanol–water partition coefficient (Wildman–Crippen LogP) is 3.99. The van der Waals surface area contributed by atoms with E-state index >= 15 is 0 Å². The van der Waals surface area contributed by atoms with Gasteiger partial charge < -0.3 is 10.5 Å². The zero-order valence-corrected chi connectivity index (χ0v) is 11.4. The lowest BCUT2D eigenvalue weighted by molar-refractivity contribution is -0.137. The van der Waals surface area contributed by atoms with E-state index in [0.29, 0.717) is 18.9 Å². The predicted molar refractivity (Wildman–Crippen MR) is 71.5 cm³/mol. The molecule has 2 rings (SSSR count). The summed E-state index contributed by atoms with van der Waals surface area (Å²) in [7, 11) is 0. The van der Waals surface area contributed by atoms with E-state index < -0.39 is 11.7 Å². The number of benzene rings is 1. The van der Waals surface area contributed by atoms with Crippen LogP contribution in [-0.2, 0) is 6.18 Å². The fourth-order valence-corrected chi connectivity index (χ4v) is 2.69. The molecular weight excluding hydrogens is 267 g/mol. The van der Waals surface area contributed by atoms with E-state index in [9.17, 15) is 13.2 Å². The van der Waals surface area contributed by atoms with Gasteiger partial charge in [0.2, 0.25) is 0 Å². The number of hydrogen-bond acceptors (Lipinski definition) is 2. The molecule has 0 aliphatic heterocycles. The molecule has 0 bridgehead atoms. The van der Waals surface area contributed by atoms with Crippen LogP contribution in [0.25, 0.3) is 0 Å². The van der Waals surface area contributed by atoms with E-state index in [0.717, 1.165) is 37.8 Å². The molecule has 0 radical (unpaired) electrons. The van der Waals surface area contributed by atoms with Crippen molar-refractivity contribution in [3.05, 3.63) is 29.8 Å². The smallest absolute Gasteiger partial charge is 0.416 e. The number of rotatable bonds is 4. The Bertz CT molecular complexity index is 422. The monoisotopic (exact) mass is 287 g/mol. The topological polar surface area (TPSA) is 35.2 Å². The van der Waals surface area contributed by atoms with E-state index in [1.165, 1.54) is 18.6 Å². The maximum absolute atomic E-state index is 12.5. The molecule has 5 heteroatoms. The molecule has 0 amide bonds. The summed E-state index contributed by atoms with van der Waals surface area (Å²) in [5, 5.41) is 0. The van der Waals surface area contributed by atoms with Crippen molar-refractivity contribution in [1.29, 1.82) is 0 Å². The van der Waals surface area contributed by atoms with E-state index in [4.69, 9.17) is 10.5 Å². The van der Waals surface area contributed by atoms with Crippen LogP contribution in [0.4, 0.5) is 13.2 Å². The van der Waals surface area contributed by atoms with Gasteiger partial charge in [-0.25, -0.2) is 0 Å². The maximum atomic E-state index is 12.5. The number of hydrogen-bond donors (Lipinski definition) is 1. The molecule has 1 aromatic rings. The Balaban J connectivity index is 1.96. The molecular formula is C15H20F3NO. The van der Waals surface area contributed by atoms with Crippen molar-refractivity contribution in [2.45, 2.75) is 38.3 Å². The van der Waals surface area contributed by atoms with Gasteiger partial charge in [0, 0.05) is 12.0 Å². The maximum Gasteiger partial charge on any atom is 0.416 e. The molecule has 1 aromatic carbocycles. The van der Waals surface area contributed by atoms with Gasteiger partial charge in [-0.05, 0) is 37.1 Å². The first-order chi connectivity index (χ1) is 9.45. The third kappa shape index (κ3) is 3.66. The Morgan fingerprint density at radius 3 is 2.15 bits per heavy atom. The van der Waals surface area contributed by atoms with E-state index in [1.807, 2.05) is 0 Å². The first-order valence-electron chi connectivity index (χ1n) is 6.95. The zero-order chi connectivity index (χ0) is 14.6. The van der Waals surface area contributed by atoms with Crippen LogP contribution in [0.3, 0.4) is 0 Å². The molecule has 1 aliphatic rings. The highest BCUT2D eigenvalue weighted by atomic mass is 19.4. The summed E-state index contributed by atoms with van der Waals surface area (Å²) in [5.41, 5.74) is 5.19. The van der Waals surface area contributed by atoms with Crippen molar-refractivity contribution in [1.82, 2.24) is 0 Å². The van der Waals surface area contributed by atoms with Crippen molar-refractivity contribution < 1.29 is 17.9 Å². The first-order valence-corrected chi connectivity index (χ1v) is 6.95. The lowest BCUT2D eigenvalue weighted by Gasteiger charge is -2.35. The summed E-state index contributed by atoms with van der Waals surface area (Å²) in [4.78, 5) is 0. The molecule has 1 aliphatic carbocycles. The van der Waals surface area contributed by atoms with Crippen LogP contribution in [0, 0.1) is 5.41 Å². The summed E-state index contributed by atoms with van der Waals surface area (Å²) in [6, 6.07) is 4.84. The molecule has 0 heterocycles. The highest BCUT2D eigenvalue weighted by molar-refractivity contribution is 5.28. The van der Waals surface area contributed by atoms with Crippen molar-refractivity contribution in [3.8, 4) is 5.75 Å². The molecule has 2 N–H and O–H groups in total. The molecule has 0 aromatic heterocycles. The van der Waals surface area contributed by atoms with Gasteiger partial charge >= 0.3 is 6.18 Å². The molecule has 1 saturated carbocycles. The van der Waals surface area contributed by atoms with E-state index in [-0.39, 0.29) is 5.41 Å². The van der Waals surface area contributed by atoms with Crippen molar-refractivity contribution >= 4 is 0 Å². The summed E-state index contributed by atoms with van der Waals surface area (Å²) in [5.74, 6) is 0.469. The highest BCUT2D eigenvalue weighted by Crippen LogP contribution is 2.36. The van der Waals surface area contributed by atoms with Gasteiger partial charge in [0.25, 0.3) is 0 Å². The van der Waals surface area contributed by atoms with Crippen LogP contribution in [0.2, 0.25) is 0 Å². The summed E-state index contributed by atoms with van der Waals surface area (Å²) in [6.07, 6.45) is 1.28. The minimum Gasteiger partial charge on any atom is -0.493 e. The van der Waals surface area contributed by atoms with Crippen molar-refractivity contribution in [2.24, 2.45) is 11.1 Å². The summed E-state index contributed by atoms with van der Waals surface area (Å²) < 4.78 is 43.0. The number of alkyl halides is 3. The van der Waals surface area contributed by atoms with Gasteiger partial charge in [-0.1, -0.05) is 19.3 Å². The first kappa shape index (κ1) is 15.2. The molecule has 2 nitrogen and oxygen atoms in total. The van der Waals surface area contributed by atoms with Crippen LogP contribution in [-0.4, -0.2) is 13.2 Å². The Morgan fingerprint density at radius 2 is 1.65 bits per heavy atom. The lowest BCUT2D eigenvalue weighted by atomic mass is 9.75. The second kappa shape index (κ2) is 6.04. The quantitative estimate of drug-likeness (QED) is 0.908. The minimum atomic E-state index is -4.31. The molecule has 20 heavy (non-hydrogen) atoms. The average molecular weight is 287 g/mol. The normalized spacial score (nSPS) is 18.8. The van der Waals surface area contributed by atoms with Gasteiger partial charge in [-0.15, -0.1) is 0 Å². The van der Waals surface area contributed by atoms with E-state index in [2.05, 4.69) is 0 Å². The molecule has 0 atom stereocenters. The molecule has 0 spiro atoms.